The molecule has 1 N–H and O–H groups in total. The zero-order valence-corrected chi connectivity index (χ0v) is 14.6. The number of benzene rings is 2. The van der Waals surface area contributed by atoms with Gasteiger partial charge in [-0.25, -0.2) is 0 Å². The molecule has 1 aliphatic heterocycles. The van der Waals surface area contributed by atoms with E-state index < -0.39 is 5.92 Å². The van der Waals surface area contributed by atoms with Crippen molar-refractivity contribution in [1.29, 1.82) is 0 Å². The number of halogens is 2. The second kappa shape index (κ2) is 6.83. The SMILES string of the molecule is Cc1c(Cl)cccc1N1C[C@@H](C(=O)Nc2cccc(Cl)c2)CC1=O. The molecular weight excluding hydrogens is 347 g/mol. The molecule has 2 aromatic carbocycles. The van der Waals surface area contributed by atoms with Gasteiger partial charge in [-0.15, -0.1) is 0 Å². The van der Waals surface area contributed by atoms with Crippen LogP contribution in [-0.4, -0.2) is 18.4 Å². The van der Waals surface area contributed by atoms with Crippen LogP contribution in [0.2, 0.25) is 10.0 Å². The van der Waals surface area contributed by atoms with Crippen LogP contribution in [0.15, 0.2) is 42.5 Å². The highest BCUT2D eigenvalue weighted by molar-refractivity contribution is 6.32. The normalized spacial score (nSPS) is 17.2. The summed E-state index contributed by atoms with van der Waals surface area (Å²) in [5.74, 6) is -0.672. The fraction of sp³-hybridized carbons (Fsp3) is 0.222. The first-order valence-corrected chi connectivity index (χ1v) is 8.33. The summed E-state index contributed by atoms with van der Waals surface area (Å²) in [7, 11) is 0. The summed E-state index contributed by atoms with van der Waals surface area (Å²) in [6.07, 6.45) is 0.179. The van der Waals surface area contributed by atoms with Crippen molar-refractivity contribution in [3.05, 3.63) is 58.1 Å². The maximum atomic E-state index is 12.4. The first kappa shape index (κ1) is 16.8. The third-order valence-corrected chi connectivity index (χ3v) is 4.76. The predicted molar refractivity (Wildman–Crippen MR) is 96.7 cm³/mol. The van der Waals surface area contributed by atoms with Crippen LogP contribution in [-0.2, 0) is 9.59 Å². The van der Waals surface area contributed by atoms with Gasteiger partial charge < -0.3 is 10.2 Å². The number of anilines is 2. The molecule has 1 saturated heterocycles. The number of hydrogen-bond donors (Lipinski definition) is 1. The lowest BCUT2D eigenvalue weighted by Crippen LogP contribution is -2.28. The van der Waals surface area contributed by atoms with Gasteiger partial charge in [0.2, 0.25) is 11.8 Å². The average Bonchev–Trinajstić information content (AvgIpc) is 2.92. The van der Waals surface area contributed by atoms with Crippen molar-refractivity contribution in [2.45, 2.75) is 13.3 Å². The number of rotatable bonds is 3. The second-order valence-electron chi connectivity index (χ2n) is 5.79. The van der Waals surface area contributed by atoms with Gasteiger partial charge in [-0.05, 0) is 42.8 Å². The van der Waals surface area contributed by atoms with Crippen LogP contribution >= 0.6 is 23.2 Å². The molecule has 1 atom stereocenters. The highest BCUT2D eigenvalue weighted by atomic mass is 35.5. The number of amides is 2. The lowest BCUT2D eigenvalue weighted by Gasteiger charge is -2.19. The number of hydrogen-bond acceptors (Lipinski definition) is 2. The number of nitrogens with zero attached hydrogens (tertiary/aromatic N) is 1. The van der Waals surface area contributed by atoms with E-state index in [1.54, 1.807) is 41.3 Å². The van der Waals surface area contributed by atoms with Crippen LogP contribution in [0.1, 0.15) is 12.0 Å². The molecule has 24 heavy (non-hydrogen) atoms. The van der Waals surface area contributed by atoms with Gasteiger partial charge in [0, 0.05) is 34.4 Å². The Morgan fingerprint density at radius 2 is 1.96 bits per heavy atom. The summed E-state index contributed by atoms with van der Waals surface area (Å²) in [6, 6.07) is 12.4. The summed E-state index contributed by atoms with van der Waals surface area (Å²) < 4.78 is 0. The molecule has 124 valence electrons. The van der Waals surface area contributed by atoms with Gasteiger partial charge in [-0.3, -0.25) is 9.59 Å². The van der Waals surface area contributed by atoms with Crippen LogP contribution in [0.3, 0.4) is 0 Å². The Kier molecular flexibility index (Phi) is 4.78. The summed E-state index contributed by atoms with van der Waals surface area (Å²) in [6.45, 7) is 2.21. The summed E-state index contributed by atoms with van der Waals surface area (Å²) in [5, 5.41) is 3.97. The van der Waals surface area contributed by atoms with Crippen LogP contribution in [0, 0.1) is 12.8 Å². The van der Waals surface area contributed by atoms with Crippen LogP contribution in [0.4, 0.5) is 11.4 Å². The molecule has 0 bridgehead atoms. The molecule has 1 aliphatic rings. The zero-order valence-electron chi connectivity index (χ0n) is 13.1. The predicted octanol–water partition coefficient (Wildman–Crippen LogP) is 4.29. The van der Waals surface area contributed by atoms with E-state index in [9.17, 15) is 9.59 Å². The van der Waals surface area contributed by atoms with Crippen molar-refractivity contribution in [3.63, 3.8) is 0 Å². The highest BCUT2D eigenvalue weighted by Crippen LogP contribution is 2.31. The minimum absolute atomic E-state index is 0.0772. The van der Waals surface area contributed by atoms with E-state index >= 15 is 0 Å². The quantitative estimate of drug-likeness (QED) is 0.884. The fourth-order valence-corrected chi connectivity index (χ4v) is 3.17. The third kappa shape index (κ3) is 3.40. The van der Waals surface area contributed by atoms with Crippen molar-refractivity contribution in [1.82, 2.24) is 0 Å². The lowest BCUT2D eigenvalue weighted by atomic mass is 10.1. The Bertz CT molecular complexity index is 807. The molecule has 0 radical (unpaired) electrons. The van der Waals surface area contributed by atoms with Gasteiger partial charge in [0.05, 0.1) is 5.92 Å². The van der Waals surface area contributed by atoms with Gasteiger partial charge >= 0.3 is 0 Å². The van der Waals surface area contributed by atoms with E-state index in [1.807, 2.05) is 13.0 Å². The Balaban J connectivity index is 1.74. The summed E-state index contributed by atoms with van der Waals surface area (Å²) in [4.78, 5) is 26.4. The summed E-state index contributed by atoms with van der Waals surface area (Å²) >= 11 is 12.1. The molecule has 0 aromatic heterocycles. The van der Waals surface area contributed by atoms with Gasteiger partial charge in [-0.1, -0.05) is 35.3 Å². The Labute approximate surface area is 150 Å². The van der Waals surface area contributed by atoms with Gasteiger partial charge in [0.15, 0.2) is 0 Å². The molecule has 0 aliphatic carbocycles. The largest absolute Gasteiger partial charge is 0.326 e. The molecule has 4 nitrogen and oxygen atoms in total. The monoisotopic (exact) mass is 362 g/mol. The van der Waals surface area contributed by atoms with E-state index in [4.69, 9.17) is 23.2 Å². The minimum Gasteiger partial charge on any atom is -0.326 e. The maximum absolute atomic E-state index is 12.4. The average molecular weight is 363 g/mol. The van der Waals surface area contributed by atoms with E-state index in [1.165, 1.54) is 0 Å². The standard InChI is InChI=1S/C18H16Cl2N2O2/c1-11-15(20)6-3-7-16(11)22-10-12(8-17(22)23)18(24)21-14-5-2-4-13(19)9-14/h2-7,9,12H,8,10H2,1H3,(H,21,24)/t12-/m0/s1. The molecular formula is C18H16Cl2N2O2. The van der Waals surface area contributed by atoms with E-state index in [-0.39, 0.29) is 18.2 Å². The molecule has 6 heteroatoms. The zero-order chi connectivity index (χ0) is 17.3. The van der Waals surface area contributed by atoms with Crippen molar-refractivity contribution in [2.24, 2.45) is 5.92 Å². The smallest absolute Gasteiger partial charge is 0.229 e. The molecule has 2 amide bonds. The van der Waals surface area contributed by atoms with Crippen LogP contribution < -0.4 is 10.2 Å². The van der Waals surface area contributed by atoms with Crippen LogP contribution in [0.5, 0.6) is 0 Å². The Morgan fingerprint density at radius 3 is 2.71 bits per heavy atom. The summed E-state index contributed by atoms with van der Waals surface area (Å²) in [5.41, 5.74) is 2.21. The molecule has 1 heterocycles. The molecule has 2 aromatic rings. The van der Waals surface area contributed by atoms with E-state index in [0.29, 0.717) is 22.3 Å². The van der Waals surface area contributed by atoms with Crippen LogP contribution in [0.25, 0.3) is 0 Å². The van der Waals surface area contributed by atoms with Gasteiger partial charge in [0.25, 0.3) is 0 Å². The van der Waals surface area contributed by atoms with Gasteiger partial charge in [0.1, 0.15) is 0 Å². The molecule has 0 unspecified atom stereocenters. The highest BCUT2D eigenvalue weighted by Gasteiger charge is 2.35. The van der Waals surface area contributed by atoms with Crippen molar-refractivity contribution in [3.8, 4) is 0 Å². The molecule has 0 spiro atoms. The first-order valence-electron chi connectivity index (χ1n) is 7.57. The molecule has 1 fully saturated rings. The van der Waals surface area contributed by atoms with E-state index in [2.05, 4.69) is 5.32 Å². The van der Waals surface area contributed by atoms with Crippen molar-refractivity contribution < 1.29 is 9.59 Å². The minimum atomic E-state index is -0.408. The van der Waals surface area contributed by atoms with Crippen molar-refractivity contribution >= 4 is 46.4 Å². The third-order valence-electron chi connectivity index (χ3n) is 4.12. The lowest BCUT2D eigenvalue weighted by molar-refractivity contribution is -0.122. The van der Waals surface area contributed by atoms with E-state index in [0.717, 1.165) is 11.3 Å². The number of carbonyl (C=O) groups excluding carboxylic acids is 2. The molecule has 0 saturated carbocycles. The number of carbonyl (C=O) groups is 2. The molecule has 3 rings (SSSR count). The Morgan fingerprint density at radius 1 is 1.21 bits per heavy atom. The second-order valence-corrected chi connectivity index (χ2v) is 6.63. The topological polar surface area (TPSA) is 49.4 Å². The Hall–Kier alpha value is -2.04. The number of nitrogens with one attached hydrogen (secondary N) is 1. The first-order chi connectivity index (χ1) is 11.5. The van der Waals surface area contributed by atoms with Crippen molar-refractivity contribution in [2.75, 3.05) is 16.8 Å². The fourth-order valence-electron chi connectivity index (χ4n) is 2.82. The van der Waals surface area contributed by atoms with Gasteiger partial charge in [-0.2, -0.15) is 0 Å². The maximum Gasteiger partial charge on any atom is 0.229 e.